The Balaban J connectivity index is 2.81. The summed E-state index contributed by atoms with van der Waals surface area (Å²) in [6.07, 6.45) is 1.81. The number of nitriles is 1. The number of esters is 1. The Morgan fingerprint density at radius 3 is 2.65 bits per heavy atom. The summed E-state index contributed by atoms with van der Waals surface area (Å²) in [5.74, 6) is -0.298. The number of fused-ring (bicyclic) bond motifs is 1. The van der Waals surface area contributed by atoms with E-state index in [0.29, 0.717) is 21.7 Å². The average molecular weight is 330 g/mol. The minimum Gasteiger partial charge on any atom is -0.461 e. The van der Waals surface area contributed by atoms with Crippen LogP contribution in [0.5, 0.6) is 0 Å². The number of carbonyl (C=O) groups excluding carboxylic acids is 2. The Hall–Kier alpha value is -2.26. The number of Topliss-reactive ketones (excluding diaryl/α,β-unsaturated/α-hetero) is 1. The monoisotopic (exact) mass is 330 g/mol. The molecular formula is C17H18N2O3S. The van der Waals surface area contributed by atoms with Gasteiger partial charge in [-0.25, -0.2) is 4.79 Å². The predicted molar refractivity (Wildman–Crippen MR) is 88.9 cm³/mol. The quantitative estimate of drug-likeness (QED) is 0.621. The van der Waals surface area contributed by atoms with E-state index in [2.05, 4.69) is 6.07 Å². The SMILES string of the molecule is CCOC(=O)c1c(SCC(C)=O)c(C#N)c2c(C)cc(C)cn12. The van der Waals surface area contributed by atoms with Gasteiger partial charge in [-0.1, -0.05) is 6.07 Å². The first kappa shape index (κ1) is 17.1. The van der Waals surface area contributed by atoms with Crippen molar-refractivity contribution in [2.24, 2.45) is 0 Å². The fourth-order valence-corrected chi connectivity index (χ4v) is 3.50. The molecule has 2 rings (SSSR count). The topological polar surface area (TPSA) is 71.6 Å². The molecule has 2 heterocycles. The van der Waals surface area contributed by atoms with Crippen molar-refractivity contribution in [1.29, 1.82) is 5.26 Å². The smallest absolute Gasteiger partial charge is 0.356 e. The second-order valence-corrected chi connectivity index (χ2v) is 6.28. The first-order valence-electron chi connectivity index (χ1n) is 7.25. The summed E-state index contributed by atoms with van der Waals surface area (Å²) in [7, 11) is 0. The van der Waals surface area contributed by atoms with Crippen molar-refractivity contribution in [1.82, 2.24) is 4.40 Å². The Labute approximate surface area is 139 Å². The van der Waals surface area contributed by atoms with E-state index in [9.17, 15) is 14.9 Å². The molecule has 0 saturated carbocycles. The van der Waals surface area contributed by atoms with E-state index in [-0.39, 0.29) is 18.1 Å². The van der Waals surface area contributed by atoms with Crippen molar-refractivity contribution in [3.8, 4) is 6.07 Å². The van der Waals surface area contributed by atoms with Gasteiger partial charge in [0.1, 0.15) is 17.5 Å². The lowest BCUT2D eigenvalue weighted by atomic mass is 10.1. The normalized spacial score (nSPS) is 10.6. The van der Waals surface area contributed by atoms with Gasteiger partial charge in [0.2, 0.25) is 0 Å². The second-order valence-electron chi connectivity index (χ2n) is 5.29. The summed E-state index contributed by atoms with van der Waals surface area (Å²) >= 11 is 1.21. The molecule has 2 aromatic heterocycles. The van der Waals surface area contributed by atoms with Crippen molar-refractivity contribution in [3.05, 3.63) is 34.6 Å². The molecule has 2 aromatic rings. The first-order chi connectivity index (χ1) is 10.9. The number of ether oxygens (including phenoxy) is 1. The second kappa shape index (κ2) is 6.88. The van der Waals surface area contributed by atoms with Crippen LogP contribution in [0, 0.1) is 25.2 Å². The number of nitrogens with zero attached hydrogens (tertiary/aromatic N) is 2. The van der Waals surface area contributed by atoms with Gasteiger partial charge in [-0.05, 0) is 38.8 Å². The van der Waals surface area contributed by atoms with E-state index in [1.165, 1.54) is 18.7 Å². The largest absolute Gasteiger partial charge is 0.461 e. The molecule has 0 spiro atoms. The van der Waals surface area contributed by atoms with Crippen LogP contribution in [0.1, 0.15) is 41.0 Å². The van der Waals surface area contributed by atoms with E-state index in [4.69, 9.17) is 4.74 Å². The van der Waals surface area contributed by atoms with Gasteiger partial charge in [-0.2, -0.15) is 5.26 Å². The molecular weight excluding hydrogens is 312 g/mol. The van der Waals surface area contributed by atoms with Crippen molar-refractivity contribution >= 4 is 29.0 Å². The van der Waals surface area contributed by atoms with Gasteiger partial charge in [-0.3, -0.25) is 4.79 Å². The highest BCUT2D eigenvalue weighted by Crippen LogP contribution is 2.34. The highest BCUT2D eigenvalue weighted by Gasteiger charge is 2.26. The number of pyridine rings is 1. The van der Waals surface area contributed by atoms with E-state index < -0.39 is 5.97 Å². The lowest BCUT2D eigenvalue weighted by Gasteiger charge is -2.07. The maximum atomic E-state index is 12.4. The molecule has 0 N–H and O–H groups in total. The molecule has 0 fully saturated rings. The number of carbonyl (C=O) groups is 2. The number of hydrogen-bond donors (Lipinski definition) is 0. The molecule has 5 nitrogen and oxygen atoms in total. The third-order valence-electron chi connectivity index (χ3n) is 3.31. The maximum Gasteiger partial charge on any atom is 0.356 e. The Morgan fingerprint density at radius 1 is 1.39 bits per heavy atom. The summed E-state index contributed by atoms with van der Waals surface area (Å²) < 4.78 is 6.87. The molecule has 0 aromatic carbocycles. The van der Waals surface area contributed by atoms with Crippen LogP contribution in [-0.2, 0) is 9.53 Å². The molecule has 120 valence electrons. The zero-order valence-corrected chi connectivity index (χ0v) is 14.4. The van der Waals surface area contributed by atoms with Gasteiger partial charge in [0.15, 0.2) is 0 Å². The van der Waals surface area contributed by atoms with Crippen molar-refractivity contribution in [2.75, 3.05) is 12.4 Å². The van der Waals surface area contributed by atoms with Crippen molar-refractivity contribution < 1.29 is 14.3 Å². The molecule has 0 saturated heterocycles. The average Bonchev–Trinajstić information content (AvgIpc) is 2.78. The zero-order chi connectivity index (χ0) is 17.1. The van der Waals surface area contributed by atoms with E-state index >= 15 is 0 Å². The standard InChI is InChI=1S/C17H18N2O3S/c1-5-22-17(21)15-16(23-9-12(4)20)13(7-18)14-11(3)6-10(2)8-19(14)15/h6,8H,5,9H2,1-4H3. The molecule has 6 heteroatoms. The number of aromatic nitrogens is 1. The third kappa shape index (κ3) is 3.25. The summed E-state index contributed by atoms with van der Waals surface area (Å²) in [6, 6.07) is 4.14. The van der Waals surface area contributed by atoms with Gasteiger partial charge in [0.25, 0.3) is 0 Å². The fraction of sp³-hybridized carbons (Fsp3) is 0.353. The minimum absolute atomic E-state index is 0.0168. The van der Waals surface area contributed by atoms with E-state index in [1.807, 2.05) is 26.1 Å². The molecule has 0 atom stereocenters. The summed E-state index contributed by atoms with van der Waals surface area (Å²) in [5.41, 5.74) is 3.30. The number of ketones is 1. The van der Waals surface area contributed by atoms with Crippen LogP contribution < -0.4 is 0 Å². The summed E-state index contributed by atoms with van der Waals surface area (Å²) in [5, 5.41) is 9.59. The van der Waals surface area contributed by atoms with Crippen LogP contribution in [0.4, 0.5) is 0 Å². The number of rotatable bonds is 5. The molecule has 23 heavy (non-hydrogen) atoms. The van der Waals surface area contributed by atoms with Crippen LogP contribution >= 0.6 is 11.8 Å². The molecule has 0 aliphatic rings. The van der Waals surface area contributed by atoms with Gasteiger partial charge >= 0.3 is 5.97 Å². The Kier molecular flexibility index (Phi) is 5.12. The molecule has 0 amide bonds. The molecule has 0 aliphatic carbocycles. The van der Waals surface area contributed by atoms with Crippen LogP contribution in [0.25, 0.3) is 5.52 Å². The highest BCUT2D eigenvalue weighted by molar-refractivity contribution is 8.00. The van der Waals surface area contributed by atoms with E-state index in [1.54, 1.807) is 11.3 Å². The lowest BCUT2D eigenvalue weighted by Crippen LogP contribution is -2.10. The van der Waals surface area contributed by atoms with Gasteiger partial charge in [0.05, 0.1) is 28.3 Å². The molecule has 0 aliphatic heterocycles. The minimum atomic E-state index is -0.486. The highest BCUT2D eigenvalue weighted by atomic mass is 32.2. The summed E-state index contributed by atoms with van der Waals surface area (Å²) in [4.78, 5) is 24.3. The van der Waals surface area contributed by atoms with Gasteiger partial charge in [0, 0.05) is 6.20 Å². The fourth-order valence-electron chi connectivity index (χ4n) is 2.54. The van der Waals surface area contributed by atoms with Crippen LogP contribution in [0.2, 0.25) is 0 Å². The third-order valence-corrected chi connectivity index (χ3v) is 4.55. The first-order valence-corrected chi connectivity index (χ1v) is 8.24. The molecule has 0 radical (unpaired) electrons. The number of thioether (sulfide) groups is 1. The maximum absolute atomic E-state index is 12.4. The van der Waals surface area contributed by atoms with Crippen LogP contribution in [-0.4, -0.2) is 28.5 Å². The Morgan fingerprint density at radius 2 is 2.09 bits per heavy atom. The van der Waals surface area contributed by atoms with Crippen LogP contribution in [0.15, 0.2) is 17.2 Å². The lowest BCUT2D eigenvalue weighted by molar-refractivity contribution is -0.114. The van der Waals surface area contributed by atoms with Crippen molar-refractivity contribution in [2.45, 2.75) is 32.6 Å². The van der Waals surface area contributed by atoms with Gasteiger partial charge < -0.3 is 9.14 Å². The van der Waals surface area contributed by atoms with Crippen molar-refractivity contribution in [3.63, 3.8) is 0 Å². The zero-order valence-electron chi connectivity index (χ0n) is 13.6. The number of aryl methyl sites for hydroxylation is 2. The van der Waals surface area contributed by atoms with E-state index in [0.717, 1.165) is 11.1 Å². The van der Waals surface area contributed by atoms with Gasteiger partial charge in [-0.15, -0.1) is 11.8 Å². The molecule has 0 unspecified atom stereocenters. The summed E-state index contributed by atoms with van der Waals surface area (Å²) in [6.45, 7) is 7.29. The predicted octanol–water partition coefficient (Wildman–Crippen LogP) is 3.29. The molecule has 0 bridgehead atoms. The Bertz CT molecular complexity index is 831. The van der Waals surface area contributed by atoms with Crippen LogP contribution in [0.3, 0.4) is 0 Å². The number of hydrogen-bond acceptors (Lipinski definition) is 5.